The molecular formula is C20H24F3NO5. The molecule has 160 valence electrons. The highest BCUT2D eigenvalue weighted by molar-refractivity contribution is 6.26. The van der Waals surface area contributed by atoms with E-state index in [2.05, 4.69) is 4.98 Å². The number of alkyl halides is 3. The maximum atomic E-state index is 13.1. The molecular weight excluding hydrogens is 391 g/mol. The molecule has 1 heterocycles. The van der Waals surface area contributed by atoms with Gasteiger partial charge in [-0.1, -0.05) is 13.8 Å². The molecule has 0 aromatic carbocycles. The molecule has 0 aliphatic heterocycles. The fourth-order valence-corrected chi connectivity index (χ4v) is 3.04. The summed E-state index contributed by atoms with van der Waals surface area (Å²) < 4.78 is 49.3. The number of ether oxygens (including phenoxy) is 2. The van der Waals surface area contributed by atoms with Crippen molar-refractivity contribution in [2.45, 2.75) is 39.5 Å². The number of rotatable bonds is 6. The summed E-state index contributed by atoms with van der Waals surface area (Å²) in [7, 11) is 1.44. The zero-order valence-electron chi connectivity index (χ0n) is 16.5. The number of aromatic nitrogens is 1. The van der Waals surface area contributed by atoms with E-state index in [0.717, 1.165) is 6.07 Å². The molecule has 9 heteroatoms. The minimum absolute atomic E-state index is 0.0944. The van der Waals surface area contributed by atoms with Gasteiger partial charge in [-0.25, -0.2) is 4.98 Å². The summed E-state index contributed by atoms with van der Waals surface area (Å²) in [5.74, 6) is -2.67. The lowest BCUT2D eigenvalue weighted by Gasteiger charge is -2.15. The molecule has 1 fully saturated rings. The number of hydrogen-bond donors (Lipinski definition) is 1. The zero-order valence-corrected chi connectivity index (χ0v) is 16.5. The summed E-state index contributed by atoms with van der Waals surface area (Å²) in [6.45, 7) is 3.26. The van der Waals surface area contributed by atoms with Crippen LogP contribution in [0, 0.1) is 11.8 Å². The van der Waals surface area contributed by atoms with Crippen LogP contribution >= 0.6 is 0 Å². The van der Waals surface area contributed by atoms with E-state index in [1.807, 2.05) is 0 Å². The van der Waals surface area contributed by atoms with Crippen LogP contribution in [0.3, 0.4) is 0 Å². The number of Topliss-reactive ketones (excluding diaryl/α,β-unsaturated/α-hetero) is 2. The Balaban J connectivity index is 2.55. The predicted octanol–water partition coefficient (Wildman–Crippen LogP) is 3.74. The molecule has 2 rings (SSSR count). The molecule has 1 aromatic rings. The van der Waals surface area contributed by atoms with Crippen LogP contribution in [0.15, 0.2) is 17.7 Å². The third kappa shape index (κ3) is 5.42. The second-order valence-corrected chi connectivity index (χ2v) is 7.07. The van der Waals surface area contributed by atoms with E-state index >= 15 is 0 Å². The maximum Gasteiger partial charge on any atom is 0.433 e. The highest BCUT2D eigenvalue weighted by Crippen LogP contribution is 2.33. The van der Waals surface area contributed by atoms with Crippen LogP contribution in [0.4, 0.5) is 13.2 Å². The maximum absolute atomic E-state index is 13.1. The van der Waals surface area contributed by atoms with Crippen molar-refractivity contribution in [3.05, 3.63) is 34.7 Å². The zero-order chi connectivity index (χ0) is 21.8. The molecule has 6 nitrogen and oxygen atoms in total. The smallest absolute Gasteiger partial charge is 0.433 e. The molecule has 1 aliphatic carbocycles. The Morgan fingerprint density at radius 3 is 2.24 bits per heavy atom. The molecule has 2 atom stereocenters. The fraction of sp³-hybridized carbons (Fsp3) is 0.550. The molecule has 0 spiro atoms. The summed E-state index contributed by atoms with van der Waals surface area (Å²) in [6.07, 6.45) is -3.72. The number of nitrogens with zero attached hydrogens (tertiary/aromatic N) is 1. The van der Waals surface area contributed by atoms with Crippen molar-refractivity contribution in [3.8, 4) is 0 Å². The number of halogens is 3. The van der Waals surface area contributed by atoms with Gasteiger partial charge in [0.25, 0.3) is 0 Å². The Morgan fingerprint density at radius 2 is 1.72 bits per heavy atom. The van der Waals surface area contributed by atoms with Crippen LogP contribution in [0.5, 0.6) is 0 Å². The van der Waals surface area contributed by atoms with Gasteiger partial charge in [0, 0.05) is 24.5 Å². The predicted molar refractivity (Wildman–Crippen MR) is 97.9 cm³/mol. The van der Waals surface area contributed by atoms with Gasteiger partial charge >= 0.3 is 6.18 Å². The van der Waals surface area contributed by atoms with Crippen molar-refractivity contribution < 1.29 is 37.3 Å². The van der Waals surface area contributed by atoms with Crippen molar-refractivity contribution >= 4 is 17.3 Å². The number of aliphatic hydroxyl groups excluding tert-OH is 1. The van der Waals surface area contributed by atoms with Gasteiger partial charge in [-0.05, 0) is 25.0 Å². The quantitative estimate of drug-likeness (QED) is 0.251. The molecule has 1 aliphatic rings. The van der Waals surface area contributed by atoms with E-state index in [1.165, 1.54) is 7.11 Å². The molecule has 29 heavy (non-hydrogen) atoms. The van der Waals surface area contributed by atoms with Crippen LogP contribution in [-0.4, -0.2) is 42.0 Å². The van der Waals surface area contributed by atoms with Crippen molar-refractivity contribution in [2.24, 2.45) is 11.8 Å². The molecule has 0 radical (unpaired) electrons. The number of methoxy groups -OCH3 is 1. The van der Waals surface area contributed by atoms with E-state index in [1.54, 1.807) is 13.8 Å². The Hall–Kier alpha value is -2.26. The van der Waals surface area contributed by atoms with Crippen LogP contribution in [-0.2, 0) is 31.8 Å². The van der Waals surface area contributed by atoms with Crippen LogP contribution < -0.4 is 0 Å². The van der Waals surface area contributed by atoms with Gasteiger partial charge < -0.3 is 14.6 Å². The lowest BCUT2D eigenvalue weighted by atomic mass is 9.92. The minimum Gasteiger partial charge on any atom is -0.506 e. The first-order valence-electron chi connectivity index (χ1n) is 9.23. The van der Waals surface area contributed by atoms with E-state index in [4.69, 9.17) is 9.47 Å². The molecule has 2 unspecified atom stereocenters. The first-order chi connectivity index (χ1) is 13.6. The minimum atomic E-state index is -4.69. The van der Waals surface area contributed by atoms with E-state index in [-0.39, 0.29) is 36.7 Å². The van der Waals surface area contributed by atoms with Crippen LogP contribution in [0.25, 0.3) is 5.76 Å². The third-order valence-electron chi connectivity index (χ3n) is 4.85. The Morgan fingerprint density at radius 1 is 1.14 bits per heavy atom. The molecule has 0 bridgehead atoms. The van der Waals surface area contributed by atoms with Crippen molar-refractivity contribution in [3.63, 3.8) is 0 Å². The number of pyridine rings is 1. The summed E-state index contributed by atoms with van der Waals surface area (Å²) in [4.78, 5) is 28.9. The number of carbonyl (C=O) groups is 2. The average molecular weight is 415 g/mol. The standard InChI is InChI=1S/C20H24F3NO5/c1-11-4-5-12(2)18(26)16(17(11)25)19(27)13-6-7-15(20(21,22)23)24-14(13)10-29-9-8-28-3/h6-7,11-12,27H,4-5,8-10H2,1-3H3. The van der Waals surface area contributed by atoms with Crippen LogP contribution in [0.2, 0.25) is 0 Å². The lowest BCUT2D eigenvalue weighted by Crippen LogP contribution is -2.21. The summed E-state index contributed by atoms with van der Waals surface area (Å²) in [5, 5.41) is 10.8. The average Bonchev–Trinajstić information content (AvgIpc) is 2.76. The van der Waals surface area contributed by atoms with Gasteiger partial charge in [-0.3, -0.25) is 9.59 Å². The largest absolute Gasteiger partial charge is 0.506 e. The SMILES string of the molecule is COCCOCc1nc(C(F)(F)F)ccc1C(O)=C1C(=O)C(C)CCC(C)C1=O. The normalized spacial score (nSPS) is 20.7. The molecule has 1 aromatic heterocycles. The number of carbonyl (C=O) groups excluding carboxylic acids is 2. The summed E-state index contributed by atoms with van der Waals surface area (Å²) >= 11 is 0. The van der Waals surface area contributed by atoms with E-state index in [0.29, 0.717) is 18.9 Å². The van der Waals surface area contributed by atoms with Gasteiger partial charge in [-0.15, -0.1) is 0 Å². The van der Waals surface area contributed by atoms with Gasteiger partial charge in [0.2, 0.25) is 0 Å². The second-order valence-electron chi connectivity index (χ2n) is 7.07. The molecule has 0 amide bonds. The van der Waals surface area contributed by atoms with Gasteiger partial charge in [0.05, 0.1) is 25.5 Å². The Labute approximate surface area is 166 Å². The lowest BCUT2D eigenvalue weighted by molar-refractivity contribution is -0.141. The Bertz CT molecular complexity index is 780. The first-order valence-corrected chi connectivity index (χ1v) is 9.23. The topological polar surface area (TPSA) is 85.7 Å². The summed E-state index contributed by atoms with van der Waals surface area (Å²) in [6, 6.07) is 1.71. The third-order valence-corrected chi connectivity index (χ3v) is 4.85. The molecule has 1 saturated carbocycles. The first kappa shape index (κ1) is 23.0. The molecule has 0 saturated heterocycles. The monoisotopic (exact) mass is 415 g/mol. The highest BCUT2D eigenvalue weighted by atomic mass is 19.4. The van der Waals surface area contributed by atoms with Crippen molar-refractivity contribution in [1.82, 2.24) is 4.98 Å². The fourth-order valence-electron chi connectivity index (χ4n) is 3.04. The summed E-state index contributed by atoms with van der Waals surface area (Å²) in [5.41, 5.74) is -1.90. The van der Waals surface area contributed by atoms with Gasteiger partial charge in [0.15, 0.2) is 11.6 Å². The number of hydrogen-bond acceptors (Lipinski definition) is 6. The number of aliphatic hydroxyl groups is 1. The van der Waals surface area contributed by atoms with Crippen molar-refractivity contribution in [1.29, 1.82) is 0 Å². The van der Waals surface area contributed by atoms with E-state index < -0.39 is 41.0 Å². The number of allylic oxidation sites excluding steroid dienone is 1. The van der Waals surface area contributed by atoms with Crippen LogP contribution in [0.1, 0.15) is 43.6 Å². The van der Waals surface area contributed by atoms with E-state index in [9.17, 15) is 27.9 Å². The van der Waals surface area contributed by atoms with Crippen molar-refractivity contribution in [2.75, 3.05) is 20.3 Å². The van der Waals surface area contributed by atoms with Gasteiger partial charge in [-0.2, -0.15) is 13.2 Å². The highest BCUT2D eigenvalue weighted by Gasteiger charge is 2.36. The Kier molecular flexibility index (Phi) is 7.54. The van der Waals surface area contributed by atoms with Gasteiger partial charge in [0.1, 0.15) is 17.0 Å². The number of ketones is 2. The second kappa shape index (κ2) is 9.49. The molecule has 1 N–H and O–H groups in total.